The third-order valence-electron chi connectivity index (χ3n) is 3.44. The number of benzene rings is 1. The van der Waals surface area contributed by atoms with E-state index in [0.717, 1.165) is 35.1 Å². The summed E-state index contributed by atoms with van der Waals surface area (Å²) >= 11 is 0. The van der Waals surface area contributed by atoms with Gasteiger partial charge in [0.15, 0.2) is 0 Å². The Morgan fingerprint density at radius 1 is 1.15 bits per heavy atom. The van der Waals surface area contributed by atoms with E-state index in [1.165, 1.54) is 0 Å². The monoisotopic (exact) mass is 267 g/mol. The van der Waals surface area contributed by atoms with Gasteiger partial charge in [-0.05, 0) is 30.2 Å². The predicted octanol–water partition coefficient (Wildman–Crippen LogP) is 2.92. The van der Waals surface area contributed by atoms with Gasteiger partial charge in [-0.2, -0.15) is 5.10 Å². The van der Waals surface area contributed by atoms with Crippen LogP contribution in [0.15, 0.2) is 48.8 Å². The van der Waals surface area contributed by atoms with Crippen molar-refractivity contribution < 1.29 is 5.11 Å². The Morgan fingerprint density at radius 3 is 2.90 bits per heavy atom. The van der Waals surface area contributed by atoms with Gasteiger partial charge in [0.25, 0.3) is 0 Å². The Balaban J connectivity index is 2.08. The van der Waals surface area contributed by atoms with Crippen molar-refractivity contribution in [2.24, 2.45) is 0 Å². The Hall–Kier alpha value is -2.20. The molecule has 1 N–H and O–H groups in total. The summed E-state index contributed by atoms with van der Waals surface area (Å²) < 4.78 is 1.86. The maximum Gasteiger partial charge on any atom is 0.121 e. The van der Waals surface area contributed by atoms with Crippen molar-refractivity contribution in [1.29, 1.82) is 0 Å². The zero-order chi connectivity index (χ0) is 13.9. The second kappa shape index (κ2) is 5.43. The minimum absolute atomic E-state index is 0.683. The lowest BCUT2D eigenvalue weighted by molar-refractivity contribution is 0.209. The summed E-state index contributed by atoms with van der Waals surface area (Å²) in [7, 11) is 0. The Morgan fingerprint density at radius 2 is 2.05 bits per heavy atom. The van der Waals surface area contributed by atoms with E-state index in [2.05, 4.69) is 17.0 Å². The van der Waals surface area contributed by atoms with E-state index in [4.69, 9.17) is 0 Å². The van der Waals surface area contributed by atoms with Gasteiger partial charge in [0.1, 0.15) is 6.10 Å². The average Bonchev–Trinajstić information content (AvgIpc) is 2.94. The van der Waals surface area contributed by atoms with Crippen molar-refractivity contribution in [2.45, 2.75) is 26.0 Å². The molecule has 4 nitrogen and oxygen atoms in total. The minimum atomic E-state index is -0.683. The molecule has 2 aromatic heterocycles. The van der Waals surface area contributed by atoms with Crippen molar-refractivity contribution in [3.8, 4) is 0 Å². The molecule has 0 fully saturated rings. The van der Waals surface area contributed by atoms with E-state index in [-0.39, 0.29) is 0 Å². The summed E-state index contributed by atoms with van der Waals surface area (Å²) in [5, 5.41) is 15.9. The lowest BCUT2D eigenvalue weighted by atomic mass is 10.0. The number of aliphatic hydroxyl groups is 1. The fourth-order valence-corrected chi connectivity index (χ4v) is 2.50. The van der Waals surface area contributed by atoms with Crippen molar-refractivity contribution >= 4 is 10.9 Å². The fourth-order valence-electron chi connectivity index (χ4n) is 2.50. The molecule has 0 spiro atoms. The molecule has 0 saturated carbocycles. The number of nitrogens with zero attached hydrogens (tertiary/aromatic N) is 3. The number of aromatic nitrogens is 3. The SMILES string of the molecule is CCCn1nccc1C(O)c1cccc2ncccc12. The number of hydrogen-bond donors (Lipinski definition) is 1. The number of fused-ring (bicyclic) bond motifs is 1. The summed E-state index contributed by atoms with van der Waals surface area (Å²) in [5.41, 5.74) is 2.59. The van der Waals surface area contributed by atoms with Crippen LogP contribution >= 0.6 is 0 Å². The van der Waals surface area contributed by atoms with Crippen LogP contribution < -0.4 is 0 Å². The largest absolute Gasteiger partial charge is 0.382 e. The lowest BCUT2D eigenvalue weighted by Crippen LogP contribution is -2.10. The number of hydrogen-bond acceptors (Lipinski definition) is 3. The fraction of sp³-hybridized carbons (Fsp3) is 0.250. The Bertz CT molecular complexity index is 715. The van der Waals surface area contributed by atoms with Crippen LogP contribution in [0.3, 0.4) is 0 Å². The first kappa shape index (κ1) is 12.8. The van der Waals surface area contributed by atoms with Crippen LogP contribution in [-0.2, 0) is 6.54 Å². The molecule has 102 valence electrons. The molecule has 0 bridgehead atoms. The Labute approximate surface area is 117 Å². The molecule has 1 atom stereocenters. The summed E-state index contributed by atoms with van der Waals surface area (Å²) in [5.74, 6) is 0. The van der Waals surface area contributed by atoms with Gasteiger partial charge in [-0.3, -0.25) is 9.67 Å². The standard InChI is InChI=1S/C16H17N3O/c1-2-11-19-15(8-10-18-19)16(20)13-5-3-7-14-12(13)6-4-9-17-14/h3-10,16,20H,2,11H2,1H3. The second-order valence-electron chi connectivity index (χ2n) is 4.80. The molecule has 0 aliphatic carbocycles. The van der Waals surface area contributed by atoms with Crippen LogP contribution in [0.25, 0.3) is 10.9 Å². The maximum atomic E-state index is 10.7. The molecular formula is C16H17N3O. The predicted molar refractivity (Wildman–Crippen MR) is 78.3 cm³/mol. The van der Waals surface area contributed by atoms with Crippen LogP contribution in [-0.4, -0.2) is 19.9 Å². The molecular weight excluding hydrogens is 250 g/mol. The van der Waals surface area contributed by atoms with Crippen molar-refractivity contribution in [3.63, 3.8) is 0 Å². The molecule has 3 rings (SSSR count). The van der Waals surface area contributed by atoms with E-state index >= 15 is 0 Å². The summed E-state index contributed by atoms with van der Waals surface area (Å²) in [4.78, 5) is 4.33. The molecule has 0 amide bonds. The highest BCUT2D eigenvalue weighted by molar-refractivity contribution is 5.82. The van der Waals surface area contributed by atoms with Crippen LogP contribution in [0.4, 0.5) is 0 Å². The molecule has 3 aromatic rings. The number of rotatable bonds is 4. The summed E-state index contributed by atoms with van der Waals surface area (Å²) in [6.45, 7) is 2.90. The first-order valence-electron chi connectivity index (χ1n) is 6.84. The van der Waals surface area contributed by atoms with Gasteiger partial charge >= 0.3 is 0 Å². The van der Waals surface area contributed by atoms with Gasteiger partial charge < -0.3 is 5.11 Å². The van der Waals surface area contributed by atoms with E-state index < -0.39 is 6.10 Å². The molecule has 1 unspecified atom stereocenters. The smallest absolute Gasteiger partial charge is 0.121 e. The van der Waals surface area contributed by atoms with Gasteiger partial charge in [0.05, 0.1) is 11.2 Å². The van der Waals surface area contributed by atoms with Gasteiger partial charge in [-0.25, -0.2) is 0 Å². The molecule has 1 aromatic carbocycles. The zero-order valence-electron chi connectivity index (χ0n) is 11.4. The van der Waals surface area contributed by atoms with E-state index in [9.17, 15) is 5.11 Å². The first-order chi connectivity index (χ1) is 9.81. The van der Waals surface area contributed by atoms with E-state index in [0.29, 0.717) is 0 Å². The van der Waals surface area contributed by atoms with E-state index in [1.54, 1.807) is 12.4 Å². The lowest BCUT2D eigenvalue weighted by Gasteiger charge is -2.15. The van der Waals surface area contributed by atoms with Crippen LogP contribution in [0.1, 0.15) is 30.7 Å². The van der Waals surface area contributed by atoms with E-state index in [1.807, 2.05) is 41.1 Å². The molecule has 0 aliphatic heterocycles. The van der Waals surface area contributed by atoms with Crippen LogP contribution in [0.5, 0.6) is 0 Å². The molecule has 4 heteroatoms. The van der Waals surface area contributed by atoms with Gasteiger partial charge in [0.2, 0.25) is 0 Å². The highest BCUT2D eigenvalue weighted by Crippen LogP contribution is 2.27. The first-order valence-corrected chi connectivity index (χ1v) is 6.84. The maximum absolute atomic E-state index is 10.7. The van der Waals surface area contributed by atoms with Gasteiger partial charge in [0, 0.05) is 24.3 Å². The van der Waals surface area contributed by atoms with Crippen LogP contribution in [0.2, 0.25) is 0 Å². The normalized spacial score (nSPS) is 12.7. The highest BCUT2D eigenvalue weighted by atomic mass is 16.3. The topological polar surface area (TPSA) is 50.9 Å². The summed E-state index contributed by atoms with van der Waals surface area (Å²) in [6.07, 6.45) is 3.80. The molecule has 2 heterocycles. The third-order valence-corrected chi connectivity index (χ3v) is 3.44. The highest BCUT2D eigenvalue weighted by Gasteiger charge is 2.17. The average molecular weight is 267 g/mol. The second-order valence-corrected chi connectivity index (χ2v) is 4.80. The minimum Gasteiger partial charge on any atom is -0.382 e. The quantitative estimate of drug-likeness (QED) is 0.790. The molecule has 0 saturated heterocycles. The van der Waals surface area contributed by atoms with Crippen LogP contribution in [0, 0.1) is 0 Å². The number of aryl methyl sites for hydroxylation is 1. The van der Waals surface area contributed by atoms with Gasteiger partial charge in [-0.1, -0.05) is 25.1 Å². The molecule has 0 radical (unpaired) electrons. The third kappa shape index (κ3) is 2.18. The van der Waals surface area contributed by atoms with Crippen molar-refractivity contribution in [2.75, 3.05) is 0 Å². The molecule has 0 aliphatic rings. The van der Waals surface area contributed by atoms with Gasteiger partial charge in [-0.15, -0.1) is 0 Å². The summed E-state index contributed by atoms with van der Waals surface area (Å²) in [6, 6.07) is 11.6. The van der Waals surface area contributed by atoms with Crippen molar-refractivity contribution in [1.82, 2.24) is 14.8 Å². The number of aliphatic hydroxyl groups excluding tert-OH is 1. The van der Waals surface area contributed by atoms with Crippen molar-refractivity contribution in [3.05, 3.63) is 60.0 Å². The Kier molecular flexibility index (Phi) is 3.48. The number of pyridine rings is 1. The molecule has 20 heavy (non-hydrogen) atoms. The zero-order valence-corrected chi connectivity index (χ0v) is 11.4.